The quantitative estimate of drug-likeness (QED) is 0.808. The van der Waals surface area contributed by atoms with Gasteiger partial charge >= 0.3 is 5.97 Å². The lowest BCUT2D eigenvalue weighted by atomic mass is 10.0. The monoisotopic (exact) mass is 333 g/mol. The van der Waals surface area contributed by atoms with E-state index in [-0.39, 0.29) is 0 Å². The second-order valence-corrected chi connectivity index (χ2v) is 5.64. The summed E-state index contributed by atoms with van der Waals surface area (Å²) in [6, 6.07) is 4.32. The van der Waals surface area contributed by atoms with Crippen LogP contribution in [-0.2, 0) is 11.3 Å². The number of likely N-dealkylation sites (N-methyl/N-ethyl adjacent to an activating group) is 1. The maximum atomic E-state index is 12.0. The molecule has 2 rings (SSSR count). The molecule has 24 heavy (non-hydrogen) atoms. The van der Waals surface area contributed by atoms with Gasteiger partial charge in [0.05, 0.1) is 25.5 Å². The Bertz CT molecular complexity index is 685. The van der Waals surface area contributed by atoms with Crippen LogP contribution in [-0.4, -0.2) is 47.4 Å². The van der Waals surface area contributed by atoms with Crippen molar-refractivity contribution in [3.05, 3.63) is 40.7 Å². The number of rotatable bonds is 7. The number of H-pyrrole nitrogens is 1. The summed E-state index contributed by atoms with van der Waals surface area (Å²) in [7, 11) is 4.79. The highest BCUT2D eigenvalue weighted by Crippen LogP contribution is 2.37. The first-order valence-electron chi connectivity index (χ1n) is 7.55. The Balaban J connectivity index is 2.45. The van der Waals surface area contributed by atoms with Gasteiger partial charge in [-0.2, -0.15) is 5.10 Å². The van der Waals surface area contributed by atoms with Crippen molar-refractivity contribution in [2.24, 2.45) is 0 Å². The Labute approximate surface area is 141 Å². The van der Waals surface area contributed by atoms with Gasteiger partial charge in [-0.15, -0.1) is 0 Å². The average molecular weight is 333 g/mol. The average Bonchev–Trinajstić information content (AvgIpc) is 2.86. The zero-order valence-electron chi connectivity index (χ0n) is 14.6. The summed E-state index contributed by atoms with van der Waals surface area (Å²) in [6.45, 7) is 4.25. The highest BCUT2D eigenvalue weighted by atomic mass is 16.5. The summed E-state index contributed by atoms with van der Waals surface area (Å²) < 4.78 is 10.7. The van der Waals surface area contributed by atoms with E-state index in [4.69, 9.17) is 9.47 Å². The molecule has 7 nitrogen and oxygen atoms in total. The van der Waals surface area contributed by atoms with E-state index >= 15 is 0 Å². The van der Waals surface area contributed by atoms with Gasteiger partial charge in [0.1, 0.15) is 17.5 Å². The van der Waals surface area contributed by atoms with Crippen LogP contribution in [0.3, 0.4) is 0 Å². The Morgan fingerprint density at radius 1 is 1.29 bits per heavy atom. The second-order valence-electron chi connectivity index (χ2n) is 5.64. The minimum atomic E-state index is -0.973. The maximum Gasteiger partial charge on any atom is 0.325 e. The van der Waals surface area contributed by atoms with E-state index in [1.807, 2.05) is 13.8 Å². The normalized spacial score (nSPS) is 12.2. The number of methoxy groups -OCH3 is 2. The number of aromatic amines is 1. The van der Waals surface area contributed by atoms with Gasteiger partial charge in [0.15, 0.2) is 0 Å². The maximum absolute atomic E-state index is 12.0. The Morgan fingerprint density at radius 2 is 1.88 bits per heavy atom. The van der Waals surface area contributed by atoms with Crippen molar-refractivity contribution in [1.29, 1.82) is 0 Å². The van der Waals surface area contributed by atoms with Gasteiger partial charge in [0.2, 0.25) is 0 Å². The lowest BCUT2D eigenvalue weighted by molar-refractivity contribution is -0.143. The number of aromatic nitrogens is 2. The number of aryl methyl sites for hydroxylation is 2. The molecule has 1 heterocycles. The summed E-state index contributed by atoms with van der Waals surface area (Å²) in [5.74, 6) is -0.0115. The van der Waals surface area contributed by atoms with Crippen molar-refractivity contribution < 1.29 is 19.4 Å². The molecule has 0 fully saturated rings. The number of benzene rings is 1. The van der Waals surface area contributed by atoms with E-state index in [0.717, 1.165) is 17.0 Å². The van der Waals surface area contributed by atoms with Crippen LogP contribution in [0.25, 0.3) is 0 Å². The number of hydrogen-bond acceptors (Lipinski definition) is 5. The first kappa shape index (κ1) is 17.8. The van der Waals surface area contributed by atoms with Gasteiger partial charge in [-0.05, 0) is 33.0 Å². The molecule has 0 aliphatic heterocycles. The summed E-state index contributed by atoms with van der Waals surface area (Å²) in [6.07, 6.45) is 0. The van der Waals surface area contributed by atoms with Crippen molar-refractivity contribution in [1.82, 2.24) is 15.1 Å². The van der Waals surface area contributed by atoms with Gasteiger partial charge in [0, 0.05) is 17.8 Å². The first-order chi connectivity index (χ1) is 11.4. The Hall–Kier alpha value is -2.54. The number of carboxylic acids is 1. The van der Waals surface area contributed by atoms with Crippen molar-refractivity contribution in [3.63, 3.8) is 0 Å². The molecule has 1 atom stereocenters. The lowest BCUT2D eigenvalue weighted by Gasteiger charge is -2.27. The number of nitrogens with zero attached hydrogens (tertiary/aromatic N) is 2. The highest BCUT2D eigenvalue weighted by molar-refractivity contribution is 5.78. The van der Waals surface area contributed by atoms with Crippen molar-refractivity contribution in [2.45, 2.75) is 26.4 Å². The molecule has 0 spiro atoms. The molecule has 1 aromatic heterocycles. The number of hydrogen-bond donors (Lipinski definition) is 2. The molecule has 0 aliphatic carbocycles. The van der Waals surface area contributed by atoms with Crippen molar-refractivity contribution in [2.75, 3.05) is 21.3 Å². The van der Waals surface area contributed by atoms with Crippen LogP contribution in [0.15, 0.2) is 18.2 Å². The fourth-order valence-corrected chi connectivity index (χ4v) is 2.83. The lowest BCUT2D eigenvalue weighted by Crippen LogP contribution is -2.31. The van der Waals surface area contributed by atoms with Crippen LogP contribution in [0.5, 0.6) is 11.5 Å². The molecule has 0 aliphatic rings. The molecular weight excluding hydrogens is 310 g/mol. The number of carbonyl (C=O) groups is 1. The van der Waals surface area contributed by atoms with E-state index in [1.54, 1.807) is 30.1 Å². The Kier molecular flexibility index (Phi) is 5.46. The predicted molar refractivity (Wildman–Crippen MR) is 89.5 cm³/mol. The second kappa shape index (κ2) is 7.35. The van der Waals surface area contributed by atoms with E-state index in [2.05, 4.69) is 10.2 Å². The standard InChI is InChI=1S/C17H23N3O4/c1-10-12(11(2)19-18-10)9-20(3)16(17(21)22)15-13(23-4)7-6-8-14(15)24-5/h6-8,16H,9H2,1-5H3,(H,18,19)(H,21,22)/t16-/m0/s1. The molecule has 7 heteroatoms. The SMILES string of the molecule is COc1cccc(OC)c1[C@@H](C(=O)O)N(C)Cc1c(C)n[nH]c1C. The first-order valence-corrected chi connectivity index (χ1v) is 7.55. The molecule has 0 radical (unpaired) electrons. The molecule has 2 aromatic rings. The van der Waals surface area contributed by atoms with Crippen LogP contribution in [0.1, 0.15) is 28.6 Å². The highest BCUT2D eigenvalue weighted by Gasteiger charge is 2.31. The van der Waals surface area contributed by atoms with Crippen LogP contribution in [0, 0.1) is 13.8 Å². The summed E-state index contributed by atoms with van der Waals surface area (Å²) in [4.78, 5) is 13.7. The molecule has 2 N–H and O–H groups in total. The zero-order valence-corrected chi connectivity index (χ0v) is 14.6. The van der Waals surface area contributed by atoms with Crippen molar-refractivity contribution >= 4 is 5.97 Å². The molecule has 0 amide bonds. The van der Waals surface area contributed by atoms with Crippen LogP contribution >= 0.6 is 0 Å². The van der Waals surface area contributed by atoms with E-state index in [9.17, 15) is 9.90 Å². The van der Waals surface area contributed by atoms with Crippen LogP contribution in [0.2, 0.25) is 0 Å². The van der Waals surface area contributed by atoms with Gasteiger partial charge in [-0.3, -0.25) is 14.8 Å². The van der Waals surface area contributed by atoms with E-state index < -0.39 is 12.0 Å². The fraction of sp³-hybridized carbons (Fsp3) is 0.412. The number of aliphatic carboxylic acids is 1. The fourth-order valence-electron chi connectivity index (χ4n) is 2.83. The topological polar surface area (TPSA) is 87.7 Å². The molecule has 0 saturated carbocycles. The van der Waals surface area contributed by atoms with Crippen LogP contribution < -0.4 is 9.47 Å². The summed E-state index contributed by atoms with van der Waals surface area (Å²) >= 11 is 0. The van der Waals surface area contributed by atoms with Gasteiger partial charge in [-0.25, -0.2) is 0 Å². The minimum absolute atomic E-state index is 0.437. The van der Waals surface area contributed by atoms with Crippen molar-refractivity contribution in [3.8, 4) is 11.5 Å². The number of nitrogens with one attached hydrogen (secondary N) is 1. The summed E-state index contributed by atoms with van der Waals surface area (Å²) in [5, 5.41) is 16.9. The Morgan fingerprint density at radius 3 is 2.29 bits per heavy atom. The number of carboxylic acid groups (broad SMARTS) is 1. The molecular formula is C17H23N3O4. The molecule has 1 aromatic carbocycles. The third-order valence-corrected chi connectivity index (χ3v) is 4.10. The van der Waals surface area contributed by atoms with E-state index in [0.29, 0.717) is 23.6 Å². The van der Waals surface area contributed by atoms with Gasteiger partial charge in [-0.1, -0.05) is 6.07 Å². The predicted octanol–water partition coefficient (Wildman–Crippen LogP) is 2.30. The third-order valence-electron chi connectivity index (χ3n) is 4.10. The largest absolute Gasteiger partial charge is 0.496 e. The smallest absolute Gasteiger partial charge is 0.325 e. The molecule has 0 unspecified atom stereocenters. The zero-order chi connectivity index (χ0) is 17.9. The summed E-state index contributed by atoms with van der Waals surface area (Å²) in [5.41, 5.74) is 3.26. The van der Waals surface area contributed by atoms with E-state index in [1.165, 1.54) is 14.2 Å². The third kappa shape index (κ3) is 3.35. The molecule has 0 bridgehead atoms. The molecule has 0 saturated heterocycles. The van der Waals surface area contributed by atoms with Crippen LogP contribution in [0.4, 0.5) is 0 Å². The van der Waals surface area contributed by atoms with Gasteiger partial charge in [0.25, 0.3) is 0 Å². The molecule has 130 valence electrons. The van der Waals surface area contributed by atoms with Gasteiger partial charge < -0.3 is 14.6 Å². The minimum Gasteiger partial charge on any atom is -0.496 e. The number of ether oxygens (including phenoxy) is 2.